The number of pyridine rings is 1. The second-order valence-electron chi connectivity index (χ2n) is 3.97. The van der Waals surface area contributed by atoms with Crippen molar-refractivity contribution in [3.05, 3.63) is 66.4 Å². The maximum Gasteiger partial charge on any atom is 0.251 e. The molecule has 0 bridgehead atoms. The minimum atomic E-state index is -0.398. The van der Waals surface area contributed by atoms with E-state index in [1.807, 2.05) is 6.92 Å². The van der Waals surface area contributed by atoms with Gasteiger partial charge in [0.1, 0.15) is 5.82 Å². The SMILES string of the molecule is Cc1cc(=O)n(Cc2c(F)cccc2Cl)cc1I. The highest BCUT2D eigenvalue weighted by atomic mass is 127. The lowest BCUT2D eigenvalue weighted by molar-refractivity contribution is 0.596. The van der Waals surface area contributed by atoms with E-state index in [0.29, 0.717) is 10.6 Å². The van der Waals surface area contributed by atoms with Crippen LogP contribution in [0.1, 0.15) is 11.1 Å². The molecule has 0 unspecified atom stereocenters. The molecule has 0 atom stereocenters. The van der Waals surface area contributed by atoms with Crippen LogP contribution in [0.25, 0.3) is 0 Å². The number of hydrogen-bond acceptors (Lipinski definition) is 1. The Kier molecular flexibility index (Phi) is 4.07. The molecule has 2 nitrogen and oxygen atoms in total. The number of nitrogens with zero attached hydrogens (tertiary/aromatic N) is 1. The van der Waals surface area contributed by atoms with Crippen LogP contribution in [0.3, 0.4) is 0 Å². The normalized spacial score (nSPS) is 10.7. The lowest BCUT2D eigenvalue weighted by atomic mass is 10.2. The van der Waals surface area contributed by atoms with Crippen molar-refractivity contribution in [3.63, 3.8) is 0 Å². The molecule has 94 valence electrons. The van der Waals surface area contributed by atoms with E-state index < -0.39 is 5.82 Å². The maximum atomic E-state index is 13.6. The average Bonchev–Trinajstić information content (AvgIpc) is 2.30. The van der Waals surface area contributed by atoms with Crippen LogP contribution < -0.4 is 5.56 Å². The van der Waals surface area contributed by atoms with Crippen LogP contribution in [0.2, 0.25) is 5.02 Å². The number of rotatable bonds is 2. The molecule has 0 N–H and O–H groups in total. The Bertz CT molecular complexity index is 634. The summed E-state index contributed by atoms with van der Waals surface area (Å²) in [5, 5.41) is 0.331. The molecule has 18 heavy (non-hydrogen) atoms. The molecule has 0 saturated heterocycles. The highest BCUT2D eigenvalue weighted by Crippen LogP contribution is 2.20. The second kappa shape index (κ2) is 5.40. The fourth-order valence-electron chi connectivity index (χ4n) is 1.62. The van der Waals surface area contributed by atoms with Gasteiger partial charge in [0.05, 0.1) is 6.54 Å². The van der Waals surface area contributed by atoms with Gasteiger partial charge < -0.3 is 4.57 Å². The summed E-state index contributed by atoms with van der Waals surface area (Å²) in [6.07, 6.45) is 1.71. The van der Waals surface area contributed by atoms with E-state index in [9.17, 15) is 9.18 Å². The first-order valence-electron chi connectivity index (χ1n) is 5.28. The van der Waals surface area contributed by atoms with Crippen molar-refractivity contribution in [2.45, 2.75) is 13.5 Å². The van der Waals surface area contributed by atoms with Gasteiger partial charge in [0.25, 0.3) is 5.56 Å². The predicted octanol–water partition coefficient (Wildman–Crippen LogP) is 3.60. The third-order valence-corrected chi connectivity index (χ3v) is 4.14. The lowest BCUT2D eigenvalue weighted by Crippen LogP contribution is -2.21. The van der Waals surface area contributed by atoms with Gasteiger partial charge in [-0.2, -0.15) is 0 Å². The molecule has 0 aliphatic carbocycles. The van der Waals surface area contributed by atoms with Gasteiger partial charge in [-0.05, 0) is 47.2 Å². The summed E-state index contributed by atoms with van der Waals surface area (Å²) in [6.45, 7) is 2.00. The van der Waals surface area contributed by atoms with E-state index in [2.05, 4.69) is 22.6 Å². The smallest absolute Gasteiger partial charge is 0.251 e. The van der Waals surface area contributed by atoms with Crippen molar-refractivity contribution in [2.24, 2.45) is 0 Å². The Balaban J connectivity index is 2.47. The number of aromatic nitrogens is 1. The minimum absolute atomic E-state index is 0.140. The first-order chi connectivity index (χ1) is 8.49. The monoisotopic (exact) mass is 377 g/mol. The molecule has 0 saturated carbocycles. The van der Waals surface area contributed by atoms with Crippen LogP contribution in [0.5, 0.6) is 0 Å². The number of aryl methyl sites for hydroxylation is 1. The van der Waals surface area contributed by atoms with Crippen molar-refractivity contribution in [2.75, 3.05) is 0 Å². The molecule has 0 aliphatic heterocycles. The molecular formula is C13H10ClFINO. The van der Waals surface area contributed by atoms with Gasteiger partial charge in [-0.3, -0.25) is 4.79 Å². The van der Waals surface area contributed by atoms with Crippen molar-refractivity contribution >= 4 is 34.2 Å². The van der Waals surface area contributed by atoms with Gasteiger partial charge in [0.15, 0.2) is 0 Å². The fraction of sp³-hybridized carbons (Fsp3) is 0.154. The third kappa shape index (κ3) is 2.75. The van der Waals surface area contributed by atoms with Crippen LogP contribution in [0.4, 0.5) is 4.39 Å². The second-order valence-corrected chi connectivity index (χ2v) is 5.54. The van der Waals surface area contributed by atoms with E-state index in [4.69, 9.17) is 11.6 Å². The summed E-state index contributed by atoms with van der Waals surface area (Å²) in [6, 6.07) is 6.04. The van der Waals surface area contributed by atoms with Gasteiger partial charge in [0.2, 0.25) is 0 Å². The Morgan fingerprint density at radius 1 is 1.44 bits per heavy atom. The van der Waals surface area contributed by atoms with E-state index >= 15 is 0 Å². The van der Waals surface area contributed by atoms with Gasteiger partial charge in [-0.1, -0.05) is 17.7 Å². The van der Waals surface area contributed by atoms with Crippen molar-refractivity contribution in [3.8, 4) is 0 Å². The molecule has 2 rings (SSSR count). The highest BCUT2D eigenvalue weighted by molar-refractivity contribution is 14.1. The molecule has 0 amide bonds. The highest BCUT2D eigenvalue weighted by Gasteiger charge is 2.09. The first kappa shape index (κ1) is 13.5. The molecule has 0 radical (unpaired) electrons. The molecule has 5 heteroatoms. The van der Waals surface area contributed by atoms with Crippen molar-refractivity contribution in [1.29, 1.82) is 0 Å². The van der Waals surface area contributed by atoms with Crippen molar-refractivity contribution < 1.29 is 4.39 Å². The topological polar surface area (TPSA) is 22.0 Å². The summed E-state index contributed by atoms with van der Waals surface area (Å²) in [4.78, 5) is 11.8. The molecule has 1 aromatic heterocycles. The van der Waals surface area contributed by atoms with Crippen LogP contribution in [0.15, 0.2) is 35.3 Å². The van der Waals surface area contributed by atoms with Gasteiger partial charge in [0, 0.05) is 26.4 Å². The zero-order valence-electron chi connectivity index (χ0n) is 9.58. The quantitative estimate of drug-likeness (QED) is 0.733. The van der Waals surface area contributed by atoms with Crippen LogP contribution in [-0.4, -0.2) is 4.57 Å². The summed E-state index contributed by atoms with van der Waals surface area (Å²) >= 11 is 8.09. The molecule has 0 aliphatic rings. The fourth-order valence-corrected chi connectivity index (χ4v) is 2.33. The molecule has 0 fully saturated rings. The molecule has 0 spiro atoms. The number of halogens is 3. The Hall–Kier alpha value is -0.880. The Labute approximate surface area is 123 Å². The zero-order valence-corrected chi connectivity index (χ0v) is 12.5. The molecule has 2 aromatic rings. The van der Waals surface area contributed by atoms with E-state index in [0.717, 1.165) is 9.13 Å². The lowest BCUT2D eigenvalue weighted by Gasteiger charge is -2.10. The van der Waals surface area contributed by atoms with Gasteiger partial charge >= 0.3 is 0 Å². The predicted molar refractivity (Wildman–Crippen MR) is 78.7 cm³/mol. The average molecular weight is 378 g/mol. The molecule has 1 aromatic carbocycles. The standard InChI is InChI=1S/C13H10ClFINO/c1-8-5-13(18)17(7-12(8)16)6-9-10(14)3-2-4-11(9)15/h2-5,7H,6H2,1H3. The van der Waals surface area contributed by atoms with Gasteiger partial charge in [-0.25, -0.2) is 4.39 Å². The first-order valence-corrected chi connectivity index (χ1v) is 6.74. The summed E-state index contributed by atoms with van der Waals surface area (Å²) in [5.41, 5.74) is 1.09. The number of benzene rings is 1. The largest absolute Gasteiger partial charge is 0.310 e. The third-order valence-electron chi connectivity index (χ3n) is 2.66. The zero-order chi connectivity index (χ0) is 13.3. The molecular weight excluding hydrogens is 368 g/mol. The minimum Gasteiger partial charge on any atom is -0.310 e. The van der Waals surface area contributed by atoms with Crippen LogP contribution in [0, 0.1) is 16.3 Å². The van der Waals surface area contributed by atoms with E-state index in [-0.39, 0.29) is 12.1 Å². The van der Waals surface area contributed by atoms with Crippen LogP contribution >= 0.6 is 34.2 Å². The summed E-state index contributed by atoms with van der Waals surface area (Å²) in [7, 11) is 0. The van der Waals surface area contributed by atoms with Crippen molar-refractivity contribution in [1.82, 2.24) is 4.57 Å². The van der Waals surface area contributed by atoms with Crippen LogP contribution in [-0.2, 0) is 6.54 Å². The Morgan fingerprint density at radius 3 is 2.83 bits per heavy atom. The maximum absolute atomic E-state index is 13.6. The Morgan fingerprint density at radius 2 is 2.17 bits per heavy atom. The molecule has 1 heterocycles. The van der Waals surface area contributed by atoms with E-state index in [1.54, 1.807) is 18.3 Å². The van der Waals surface area contributed by atoms with E-state index in [1.165, 1.54) is 16.7 Å². The van der Waals surface area contributed by atoms with Gasteiger partial charge in [-0.15, -0.1) is 0 Å². The summed E-state index contributed by atoms with van der Waals surface area (Å²) < 4.78 is 16.1. The summed E-state index contributed by atoms with van der Waals surface area (Å²) in [5.74, 6) is -0.398. The number of hydrogen-bond donors (Lipinski definition) is 0.